The van der Waals surface area contributed by atoms with Crippen LogP contribution in [0.2, 0.25) is 0 Å². The molecule has 3 aliphatic heterocycles. The maximum atomic E-state index is 14.4. The molecule has 4 aliphatic rings. The Morgan fingerprint density at radius 3 is 2.84 bits per heavy atom. The minimum atomic E-state index is -0.604. The predicted molar refractivity (Wildman–Crippen MR) is 122 cm³/mol. The van der Waals surface area contributed by atoms with Gasteiger partial charge in [0.1, 0.15) is 18.2 Å². The minimum absolute atomic E-state index is 0.000455. The van der Waals surface area contributed by atoms with E-state index in [0.717, 1.165) is 32.4 Å². The number of piperidine rings is 1. The molecular formula is C22H28FN3O4S2. The van der Waals surface area contributed by atoms with E-state index in [0.29, 0.717) is 36.7 Å². The third-order valence-electron chi connectivity index (χ3n) is 7.16. The van der Waals surface area contributed by atoms with Crippen molar-refractivity contribution in [1.29, 1.82) is 0 Å². The van der Waals surface area contributed by atoms with Crippen LogP contribution in [0.15, 0.2) is 18.2 Å². The van der Waals surface area contributed by atoms with Crippen molar-refractivity contribution < 1.29 is 23.5 Å². The van der Waals surface area contributed by atoms with Gasteiger partial charge in [0.05, 0.1) is 12.1 Å². The molecule has 10 heteroatoms. The summed E-state index contributed by atoms with van der Waals surface area (Å²) in [5, 5.41) is 2.94. The van der Waals surface area contributed by atoms with E-state index in [1.165, 1.54) is 6.07 Å². The number of rotatable bonds is 4. The summed E-state index contributed by atoms with van der Waals surface area (Å²) in [6.45, 7) is 2.73. The molecule has 0 bridgehead atoms. The SMILES string of the molecule is O=C1CO[C@H]2CCN(C(=O)N3CC4(CC(Cc5c(F)cccc5OC(S)S)C4)C3)C[C@H]2N1. The van der Waals surface area contributed by atoms with E-state index in [9.17, 15) is 14.0 Å². The van der Waals surface area contributed by atoms with E-state index in [1.807, 2.05) is 9.80 Å². The van der Waals surface area contributed by atoms with Crippen LogP contribution in [0.4, 0.5) is 9.18 Å². The molecule has 4 fully saturated rings. The van der Waals surface area contributed by atoms with E-state index in [1.54, 1.807) is 12.1 Å². The van der Waals surface area contributed by atoms with Gasteiger partial charge in [-0.05, 0) is 43.7 Å². The van der Waals surface area contributed by atoms with Gasteiger partial charge in [-0.3, -0.25) is 4.79 Å². The monoisotopic (exact) mass is 481 g/mol. The lowest BCUT2D eigenvalue weighted by Crippen LogP contribution is -2.68. The number of halogens is 1. The second-order valence-corrected chi connectivity index (χ2v) is 10.9. The summed E-state index contributed by atoms with van der Waals surface area (Å²) in [5.41, 5.74) is 0.732. The Labute approximate surface area is 197 Å². The van der Waals surface area contributed by atoms with Gasteiger partial charge < -0.3 is 24.6 Å². The number of urea groups is 1. The first-order valence-corrected chi connectivity index (χ1v) is 12.1. The van der Waals surface area contributed by atoms with Crippen molar-refractivity contribution in [2.45, 2.75) is 42.6 Å². The van der Waals surface area contributed by atoms with Crippen molar-refractivity contribution in [3.63, 3.8) is 0 Å². The van der Waals surface area contributed by atoms with Crippen molar-refractivity contribution in [2.75, 3.05) is 32.8 Å². The number of ether oxygens (including phenoxy) is 2. The molecule has 3 amide bonds. The number of morpholine rings is 1. The number of fused-ring (bicyclic) bond motifs is 1. The molecule has 2 atom stereocenters. The maximum absolute atomic E-state index is 14.4. The van der Waals surface area contributed by atoms with Gasteiger partial charge in [-0.1, -0.05) is 6.07 Å². The first-order valence-electron chi connectivity index (χ1n) is 11.1. The van der Waals surface area contributed by atoms with Crippen LogP contribution in [-0.2, 0) is 16.0 Å². The number of hydrogen-bond donors (Lipinski definition) is 3. The number of carbonyl (C=O) groups is 2. The normalized spacial score (nSPS) is 26.9. The van der Waals surface area contributed by atoms with Crippen LogP contribution < -0.4 is 10.1 Å². The van der Waals surface area contributed by atoms with Gasteiger partial charge in [0.25, 0.3) is 0 Å². The molecule has 3 heterocycles. The van der Waals surface area contributed by atoms with Gasteiger partial charge in [-0.2, -0.15) is 0 Å². The highest BCUT2D eigenvalue weighted by molar-refractivity contribution is 7.98. The van der Waals surface area contributed by atoms with Crippen molar-refractivity contribution in [1.82, 2.24) is 15.1 Å². The van der Waals surface area contributed by atoms with E-state index in [4.69, 9.17) is 9.47 Å². The second-order valence-electron chi connectivity index (χ2n) is 9.54. The van der Waals surface area contributed by atoms with Crippen LogP contribution in [0.3, 0.4) is 0 Å². The third kappa shape index (κ3) is 4.28. The van der Waals surface area contributed by atoms with E-state index < -0.39 is 4.77 Å². The zero-order valence-electron chi connectivity index (χ0n) is 17.7. The van der Waals surface area contributed by atoms with E-state index in [-0.39, 0.29) is 41.9 Å². The Balaban J connectivity index is 1.12. The zero-order valence-corrected chi connectivity index (χ0v) is 19.5. The Morgan fingerprint density at radius 2 is 2.09 bits per heavy atom. The molecule has 1 aliphatic carbocycles. The van der Waals surface area contributed by atoms with Crippen molar-refractivity contribution in [3.05, 3.63) is 29.6 Å². The Bertz CT molecular complexity index is 903. The van der Waals surface area contributed by atoms with Gasteiger partial charge in [-0.25, -0.2) is 9.18 Å². The molecule has 1 aromatic rings. The maximum Gasteiger partial charge on any atom is 0.320 e. The molecule has 1 aromatic carbocycles. The Kier molecular flexibility index (Phi) is 5.96. The number of nitrogens with zero attached hydrogens (tertiary/aromatic N) is 2. The Morgan fingerprint density at radius 1 is 1.31 bits per heavy atom. The number of carbonyl (C=O) groups excluding carboxylic acids is 2. The number of nitrogens with one attached hydrogen (secondary N) is 1. The summed E-state index contributed by atoms with van der Waals surface area (Å²) in [4.78, 5) is 28.3. The lowest BCUT2D eigenvalue weighted by Gasteiger charge is -2.60. The molecule has 174 valence electrons. The van der Waals surface area contributed by atoms with Gasteiger partial charge in [0.2, 0.25) is 5.91 Å². The van der Waals surface area contributed by atoms with Crippen LogP contribution >= 0.6 is 25.3 Å². The summed E-state index contributed by atoms with van der Waals surface area (Å²) < 4.78 is 24.9. The zero-order chi connectivity index (χ0) is 22.5. The smallest absolute Gasteiger partial charge is 0.320 e. The molecule has 7 nitrogen and oxygen atoms in total. The topological polar surface area (TPSA) is 71.1 Å². The van der Waals surface area contributed by atoms with Crippen molar-refractivity contribution >= 4 is 37.2 Å². The van der Waals surface area contributed by atoms with Gasteiger partial charge >= 0.3 is 6.03 Å². The van der Waals surface area contributed by atoms with Gasteiger partial charge in [-0.15, -0.1) is 25.3 Å². The fraction of sp³-hybridized carbons (Fsp3) is 0.636. The van der Waals surface area contributed by atoms with Crippen LogP contribution in [-0.4, -0.2) is 71.4 Å². The minimum Gasteiger partial charge on any atom is -0.470 e. The summed E-state index contributed by atoms with van der Waals surface area (Å²) in [6.07, 6.45) is 3.30. The molecule has 1 spiro atoms. The van der Waals surface area contributed by atoms with E-state index in [2.05, 4.69) is 30.6 Å². The molecule has 32 heavy (non-hydrogen) atoms. The first-order chi connectivity index (χ1) is 15.3. The predicted octanol–water partition coefficient (Wildman–Crippen LogP) is 2.31. The number of benzene rings is 1. The fourth-order valence-electron chi connectivity index (χ4n) is 5.79. The van der Waals surface area contributed by atoms with Crippen LogP contribution in [0, 0.1) is 17.2 Å². The standard InChI is InChI=1S/C22H28FN3O4S2/c23-15-2-1-3-17(30-21(31)32)14(15)6-13-7-22(8-13)11-26(12-22)20(28)25-5-4-18-16(9-25)24-19(27)10-29-18/h1-3,13,16,18,21,31-32H,4-12H2,(H,24,27)/t16-,18+/m1/s1. The van der Waals surface area contributed by atoms with Crippen molar-refractivity contribution in [2.24, 2.45) is 11.3 Å². The number of amides is 3. The molecule has 0 unspecified atom stereocenters. The van der Waals surface area contributed by atoms with Crippen molar-refractivity contribution in [3.8, 4) is 5.75 Å². The molecule has 5 rings (SSSR count). The molecular weight excluding hydrogens is 453 g/mol. The van der Waals surface area contributed by atoms with Crippen LogP contribution in [0.5, 0.6) is 5.75 Å². The van der Waals surface area contributed by atoms with Crippen LogP contribution in [0.25, 0.3) is 0 Å². The lowest BCUT2D eigenvalue weighted by molar-refractivity contribution is -0.140. The molecule has 0 radical (unpaired) electrons. The molecule has 3 saturated heterocycles. The highest BCUT2D eigenvalue weighted by atomic mass is 32.2. The Hall–Kier alpha value is -1.65. The average Bonchev–Trinajstić information content (AvgIpc) is 2.69. The van der Waals surface area contributed by atoms with Gasteiger partial charge in [0, 0.05) is 37.2 Å². The molecule has 1 saturated carbocycles. The summed E-state index contributed by atoms with van der Waals surface area (Å²) in [7, 11) is 0. The lowest BCUT2D eigenvalue weighted by atomic mass is 9.56. The first kappa shape index (κ1) is 22.2. The number of likely N-dealkylation sites (tertiary alicyclic amines) is 2. The van der Waals surface area contributed by atoms with Crippen LogP contribution in [0.1, 0.15) is 24.8 Å². The average molecular weight is 482 g/mol. The quantitative estimate of drug-likeness (QED) is 0.456. The highest BCUT2D eigenvalue weighted by Gasteiger charge is 2.54. The summed E-state index contributed by atoms with van der Waals surface area (Å²) >= 11 is 8.25. The number of hydrogen-bond acceptors (Lipinski definition) is 6. The third-order valence-corrected chi connectivity index (χ3v) is 7.37. The van der Waals surface area contributed by atoms with Gasteiger partial charge in [0.15, 0.2) is 4.77 Å². The summed E-state index contributed by atoms with van der Waals surface area (Å²) in [6, 6.07) is 4.75. The number of thiol groups is 2. The molecule has 0 aromatic heterocycles. The summed E-state index contributed by atoms with van der Waals surface area (Å²) in [5.74, 6) is 0.480. The second kappa shape index (κ2) is 8.61. The largest absolute Gasteiger partial charge is 0.470 e. The highest BCUT2D eigenvalue weighted by Crippen LogP contribution is 2.53. The molecule has 1 N–H and O–H groups in total. The van der Waals surface area contributed by atoms with E-state index >= 15 is 0 Å². The fourth-order valence-corrected chi connectivity index (χ4v) is 6.02.